The molecule has 72 heavy (non-hydrogen) atoms. The van der Waals surface area contributed by atoms with E-state index in [1.807, 2.05) is 43.4 Å². The molecule has 14 N–H and O–H groups in total. The third-order valence-electron chi connectivity index (χ3n) is 14.0. The lowest BCUT2D eigenvalue weighted by Crippen LogP contribution is -2.62. The Morgan fingerprint density at radius 2 is 1.24 bits per heavy atom. The molecular formula is C53H84N2O17. The van der Waals surface area contributed by atoms with Gasteiger partial charge in [0, 0.05) is 43.6 Å². The van der Waals surface area contributed by atoms with E-state index in [1.54, 1.807) is 69.4 Å². The Bertz CT molecular complexity index is 1860. The molecule has 4 rings (SSSR count). The van der Waals surface area contributed by atoms with Crippen molar-refractivity contribution in [3.05, 3.63) is 85.1 Å². The minimum absolute atomic E-state index is 0.100. The van der Waals surface area contributed by atoms with Gasteiger partial charge in [-0.2, -0.15) is 0 Å². The zero-order valence-electron chi connectivity index (χ0n) is 42.1. The minimum Gasteiger partial charge on any atom is -0.462 e. The highest BCUT2D eigenvalue weighted by Crippen LogP contribution is 2.38. The van der Waals surface area contributed by atoms with Gasteiger partial charge in [0.1, 0.15) is 12.2 Å². The van der Waals surface area contributed by atoms with Crippen LogP contribution in [0.3, 0.4) is 0 Å². The molecule has 1 aliphatic carbocycles. The number of carbonyl (C=O) groups is 2. The standard InChI is InChI=1S/C53H84N2O17/c1-31-18-15-13-11-9-7-5-6-8-10-12-14-16-21-40(71-52-50(66)47(54)49(65)34(4)70-52)28-44-46(51(67)55-35-19-17-20-36(56)24-35)43(62)30-53(68,72-44)29-39(59)26-42(61)41(60)23-22-37(57)25-38(58)27-45(63)69-33(3)32(2)48(31)64/h5-16,18,21,31-44,46-50,52,56-62,64-66,68H,17,19-20,22-30,54H2,1-4H3,(H,55,67)/b6-5+,9-7+,10-8+,13-11+,14-12+,18-15+,21-16+/t31-,32-,33-,34+,35?,36-,37+,38+,39-,40-,41+,42+,43-,44-,46+,47-,48+,49+,50-,52-,53+/m0/s1. The van der Waals surface area contributed by atoms with E-state index in [2.05, 4.69) is 5.32 Å². The molecule has 2 saturated heterocycles. The highest BCUT2D eigenvalue weighted by Gasteiger charge is 2.51. The fourth-order valence-corrected chi connectivity index (χ4v) is 9.58. The number of nitrogens with one attached hydrogen (secondary N) is 1. The summed E-state index contributed by atoms with van der Waals surface area (Å²) in [5.41, 5.74) is 6.12. The molecule has 0 radical (unpaired) electrons. The Morgan fingerprint density at radius 3 is 1.86 bits per heavy atom. The topological polar surface area (TPSA) is 332 Å². The third kappa shape index (κ3) is 20.0. The molecule has 2 bridgehead atoms. The van der Waals surface area contributed by atoms with Crippen LogP contribution < -0.4 is 11.1 Å². The number of aliphatic hydroxyl groups excluding tert-OH is 10. The van der Waals surface area contributed by atoms with Crippen molar-refractivity contribution < 1.29 is 84.7 Å². The lowest BCUT2D eigenvalue weighted by molar-refractivity contribution is -0.307. The molecule has 4 aliphatic rings. The van der Waals surface area contributed by atoms with Crippen molar-refractivity contribution in [2.75, 3.05) is 0 Å². The van der Waals surface area contributed by atoms with E-state index < -0.39 is 159 Å². The zero-order chi connectivity index (χ0) is 53.1. The molecule has 1 saturated carbocycles. The molecule has 3 fully saturated rings. The molecule has 0 spiro atoms. The average Bonchev–Trinajstić information content (AvgIpc) is 3.30. The maximum atomic E-state index is 14.1. The smallest absolute Gasteiger partial charge is 0.308 e. The van der Waals surface area contributed by atoms with Gasteiger partial charge in [0.05, 0.1) is 91.6 Å². The van der Waals surface area contributed by atoms with Crippen molar-refractivity contribution >= 4 is 11.9 Å². The van der Waals surface area contributed by atoms with Gasteiger partial charge < -0.3 is 86.2 Å². The summed E-state index contributed by atoms with van der Waals surface area (Å²) in [4.78, 5) is 26.8. The van der Waals surface area contributed by atoms with Crippen molar-refractivity contribution in [3.63, 3.8) is 0 Å². The number of esters is 1. The van der Waals surface area contributed by atoms with Crippen LogP contribution in [0.25, 0.3) is 0 Å². The molecule has 1 amide bonds. The molecule has 1 unspecified atom stereocenters. The van der Waals surface area contributed by atoms with Crippen LogP contribution >= 0.6 is 0 Å². The van der Waals surface area contributed by atoms with E-state index in [4.69, 9.17) is 24.7 Å². The van der Waals surface area contributed by atoms with Crippen molar-refractivity contribution in [2.45, 2.75) is 214 Å². The van der Waals surface area contributed by atoms with Crippen LogP contribution in [0, 0.1) is 17.8 Å². The summed E-state index contributed by atoms with van der Waals surface area (Å²) in [7, 11) is 0. The number of amides is 1. The molecule has 21 atom stereocenters. The Labute approximate surface area is 423 Å². The number of nitrogens with two attached hydrogens (primary N) is 1. The highest BCUT2D eigenvalue weighted by molar-refractivity contribution is 5.80. The van der Waals surface area contributed by atoms with Crippen LogP contribution in [0.2, 0.25) is 0 Å². The quantitative estimate of drug-likeness (QED) is 0.175. The first kappa shape index (κ1) is 61.1. The number of hydrogen-bond acceptors (Lipinski definition) is 18. The fourth-order valence-electron chi connectivity index (χ4n) is 9.58. The van der Waals surface area contributed by atoms with Gasteiger partial charge in [-0.3, -0.25) is 9.59 Å². The molecule has 19 heteroatoms. The molecule has 3 aliphatic heterocycles. The van der Waals surface area contributed by atoms with Crippen molar-refractivity contribution in [3.8, 4) is 0 Å². The van der Waals surface area contributed by atoms with Gasteiger partial charge in [-0.15, -0.1) is 0 Å². The minimum atomic E-state index is -2.29. The summed E-state index contributed by atoms with van der Waals surface area (Å²) in [6, 6.07) is -1.55. The molecule has 0 aromatic carbocycles. The number of rotatable bonds is 4. The van der Waals surface area contributed by atoms with Gasteiger partial charge in [0.25, 0.3) is 0 Å². The largest absolute Gasteiger partial charge is 0.462 e. The molecule has 0 aromatic rings. The van der Waals surface area contributed by atoms with Gasteiger partial charge in [-0.1, -0.05) is 98.9 Å². The SMILES string of the molecule is C[C@@H]1[C@H](O)[C@@H](C)/C=C/C=C/C=C/C=C/C=C/C=C/C=C/[C@H](O[C@@H]2O[C@H](C)[C@@H](O)[C@H](N)[C@@H]2O)C[C@@H]2O[C@](O)(C[C@@H](O)C[C@@H](O)[C@H](O)CC[C@@H](O)C[C@@H](O)CC(=O)O[C@H]1C)C[C@H](O)[C@H]2C(=O)NC1CCC[C@H](O)C1. The number of hydrogen-bond donors (Lipinski definition) is 13. The van der Waals surface area contributed by atoms with Crippen LogP contribution in [0.1, 0.15) is 105 Å². The van der Waals surface area contributed by atoms with Gasteiger partial charge in [-0.05, 0) is 58.8 Å². The van der Waals surface area contributed by atoms with Gasteiger partial charge >= 0.3 is 5.97 Å². The van der Waals surface area contributed by atoms with Crippen LogP contribution in [0.4, 0.5) is 0 Å². The summed E-state index contributed by atoms with van der Waals surface area (Å²) >= 11 is 0. The number of ether oxygens (including phenoxy) is 4. The van der Waals surface area contributed by atoms with Crippen molar-refractivity contribution in [1.82, 2.24) is 5.32 Å². The predicted molar refractivity (Wildman–Crippen MR) is 266 cm³/mol. The van der Waals surface area contributed by atoms with Gasteiger partial charge in [0.15, 0.2) is 12.1 Å². The molecule has 19 nitrogen and oxygen atoms in total. The first-order valence-corrected chi connectivity index (χ1v) is 25.5. The van der Waals surface area contributed by atoms with E-state index in [9.17, 15) is 65.8 Å². The first-order chi connectivity index (χ1) is 34.1. The summed E-state index contributed by atoms with van der Waals surface area (Å²) in [5, 5.41) is 123. The van der Waals surface area contributed by atoms with Crippen molar-refractivity contribution in [1.29, 1.82) is 0 Å². The molecule has 3 heterocycles. The third-order valence-corrected chi connectivity index (χ3v) is 14.0. The summed E-state index contributed by atoms with van der Waals surface area (Å²) in [6.45, 7) is 6.79. The summed E-state index contributed by atoms with van der Waals surface area (Å²) in [5.74, 6) is -5.68. The number of fused-ring (bicyclic) bond motifs is 2. The maximum Gasteiger partial charge on any atom is 0.308 e. The second-order valence-corrected chi connectivity index (χ2v) is 20.3. The molecular weight excluding hydrogens is 937 g/mol. The average molecular weight is 1020 g/mol. The number of carbonyl (C=O) groups excluding carboxylic acids is 2. The number of aliphatic hydroxyl groups is 11. The maximum absolute atomic E-state index is 14.1. The highest BCUT2D eigenvalue weighted by atomic mass is 16.7. The van der Waals surface area contributed by atoms with Crippen molar-refractivity contribution in [2.24, 2.45) is 23.5 Å². The van der Waals surface area contributed by atoms with Crippen LogP contribution in [-0.4, -0.2) is 178 Å². The first-order valence-electron chi connectivity index (χ1n) is 25.5. The van der Waals surface area contributed by atoms with E-state index in [0.29, 0.717) is 25.7 Å². The number of allylic oxidation sites excluding steroid dienone is 12. The second kappa shape index (κ2) is 30.2. The Balaban J connectivity index is 1.61. The summed E-state index contributed by atoms with van der Waals surface area (Å²) in [6.07, 6.45) is 5.97. The van der Waals surface area contributed by atoms with E-state index in [1.165, 1.54) is 0 Å². The van der Waals surface area contributed by atoms with Crippen LogP contribution in [0.15, 0.2) is 85.1 Å². The van der Waals surface area contributed by atoms with E-state index in [0.717, 1.165) is 0 Å². The zero-order valence-corrected chi connectivity index (χ0v) is 42.1. The Kier molecular flexibility index (Phi) is 25.6. The normalized spacial score (nSPS) is 45.5. The van der Waals surface area contributed by atoms with Gasteiger partial charge in [0.2, 0.25) is 5.91 Å². The monoisotopic (exact) mass is 1020 g/mol. The van der Waals surface area contributed by atoms with Crippen LogP contribution in [-0.2, 0) is 28.5 Å². The van der Waals surface area contributed by atoms with Crippen LogP contribution in [0.5, 0.6) is 0 Å². The lowest BCUT2D eigenvalue weighted by Gasteiger charge is -2.46. The lowest BCUT2D eigenvalue weighted by atomic mass is 9.81. The Hall–Kier alpha value is -3.48. The second-order valence-electron chi connectivity index (χ2n) is 20.3. The predicted octanol–water partition coefficient (Wildman–Crippen LogP) is 1.05. The molecule has 0 aromatic heterocycles. The fraction of sp³-hybridized carbons (Fsp3) is 0.698. The van der Waals surface area contributed by atoms with Gasteiger partial charge in [-0.25, -0.2) is 0 Å². The number of cyclic esters (lactones) is 1. The van der Waals surface area contributed by atoms with E-state index >= 15 is 0 Å². The Morgan fingerprint density at radius 1 is 0.639 bits per heavy atom. The molecule has 408 valence electrons. The summed E-state index contributed by atoms with van der Waals surface area (Å²) < 4.78 is 23.8. The van der Waals surface area contributed by atoms with E-state index in [-0.39, 0.29) is 31.6 Å².